The Morgan fingerprint density at radius 1 is 1.24 bits per heavy atom. The maximum atomic E-state index is 4.44. The summed E-state index contributed by atoms with van der Waals surface area (Å²) in [6.07, 6.45) is 2.13. The van der Waals surface area contributed by atoms with Gasteiger partial charge in [0.2, 0.25) is 0 Å². The summed E-state index contributed by atoms with van der Waals surface area (Å²) in [5.74, 6) is 4.43. The average molecular weight is 254 g/mol. The van der Waals surface area contributed by atoms with Crippen LogP contribution in [0, 0.1) is 19.8 Å². The quantitative estimate of drug-likeness (QED) is 0.817. The smallest absolute Gasteiger partial charge is 0.134 e. The van der Waals surface area contributed by atoms with Gasteiger partial charge < -0.3 is 10.6 Å². The van der Waals surface area contributed by atoms with Crippen LogP contribution in [0.3, 0.4) is 0 Å². The summed E-state index contributed by atoms with van der Waals surface area (Å²) >= 11 is 1.87. The van der Waals surface area contributed by atoms with Crippen LogP contribution in [-0.2, 0) is 0 Å². The molecule has 1 heterocycles. The topological polar surface area (TPSA) is 49.8 Å². The maximum absolute atomic E-state index is 4.44. The molecule has 0 saturated carbocycles. The molecule has 0 aliphatic rings. The fourth-order valence-electron chi connectivity index (χ4n) is 1.66. The van der Waals surface area contributed by atoms with E-state index in [1.165, 1.54) is 0 Å². The van der Waals surface area contributed by atoms with Crippen LogP contribution in [0.2, 0.25) is 0 Å². The van der Waals surface area contributed by atoms with E-state index in [0.717, 1.165) is 35.3 Å². The van der Waals surface area contributed by atoms with Crippen LogP contribution in [0.25, 0.3) is 0 Å². The molecule has 0 radical (unpaired) electrons. The molecule has 17 heavy (non-hydrogen) atoms. The van der Waals surface area contributed by atoms with Gasteiger partial charge in [-0.2, -0.15) is 11.8 Å². The number of hydrogen-bond acceptors (Lipinski definition) is 5. The minimum absolute atomic E-state index is 0.637. The summed E-state index contributed by atoms with van der Waals surface area (Å²) in [6, 6.07) is 0. The van der Waals surface area contributed by atoms with Crippen molar-refractivity contribution in [2.24, 2.45) is 5.92 Å². The molecule has 0 spiro atoms. The number of hydrogen-bond donors (Lipinski definition) is 2. The number of thioether (sulfide) groups is 1. The first-order chi connectivity index (χ1) is 8.08. The molecule has 1 aromatic heterocycles. The summed E-state index contributed by atoms with van der Waals surface area (Å²) in [6.45, 7) is 7.14. The Balaban J connectivity index is 2.73. The van der Waals surface area contributed by atoms with Crippen LogP contribution in [-0.4, -0.2) is 35.6 Å². The molecule has 1 unspecified atom stereocenters. The Morgan fingerprint density at radius 2 is 1.88 bits per heavy atom. The third-order valence-corrected chi connectivity index (χ3v) is 3.47. The van der Waals surface area contributed by atoms with Crippen molar-refractivity contribution in [3.05, 3.63) is 11.4 Å². The molecule has 2 N–H and O–H groups in total. The highest BCUT2D eigenvalue weighted by Crippen LogP contribution is 2.19. The van der Waals surface area contributed by atoms with E-state index >= 15 is 0 Å². The Labute approximate surface area is 108 Å². The number of nitrogens with one attached hydrogen (secondary N) is 2. The molecule has 0 aromatic carbocycles. The van der Waals surface area contributed by atoms with Gasteiger partial charge in [0.25, 0.3) is 0 Å². The second-order valence-electron chi connectivity index (χ2n) is 4.28. The molecule has 4 nitrogen and oxygen atoms in total. The molecular weight excluding hydrogens is 232 g/mol. The van der Waals surface area contributed by atoms with Gasteiger partial charge >= 0.3 is 0 Å². The van der Waals surface area contributed by atoms with E-state index < -0.39 is 0 Å². The van der Waals surface area contributed by atoms with Gasteiger partial charge in [-0.3, -0.25) is 0 Å². The highest BCUT2D eigenvalue weighted by molar-refractivity contribution is 7.98. The number of aromatic nitrogens is 2. The SMILES string of the molecule is CNc1nc(C)nc(NCC(C)CSC)c1C. The van der Waals surface area contributed by atoms with Gasteiger partial charge in [0, 0.05) is 19.2 Å². The largest absolute Gasteiger partial charge is 0.373 e. The van der Waals surface area contributed by atoms with E-state index in [2.05, 4.69) is 33.8 Å². The Hall–Kier alpha value is -0.970. The maximum Gasteiger partial charge on any atom is 0.134 e. The average Bonchev–Trinajstić information content (AvgIpc) is 2.30. The monoisotopic (exact) mass is 254 g/mol. The van der Waals surface area contributed by atoms with Crippen molar-refractivity contribution in [2.45, 2.75) is 20.8 Å². The van der Waals surface area contributed by atoms with Gasteiger partial charge in [-0.1, -0.05) is 6.92 Å². The molecule has 1 aromatic rings. The normalized spacial score (nSPS) is 12.3. The van der Waals surface area contributed by atoms with Crippen LogP contribution in [0.1, 0.15) is 18.3 Å². The van der Waals surface area contributed by atoms with E-state index in [1.807, 2.05) is 32.7 Å². The second-order valence-corrected chi connectivity index (χ2v) is 5.20. The van der Waals surface area contributed by atoms with Gasteiger partial charge in [0.15, 0.2) is 0 Å². The van der Waals surface area contributed by atoms with Crippen molar-refractivity contribution in [1.29, 1.82) is 0 Å². The standard InChI is InChI=1S/C12H22N4S/c1-8(7-17-5)6-14-12-9(2)11(13-4)15-10(3)16-12/h8H,6-7H2,1-5H3,(H2,13,14,15,16). The summed E-state index contributed by atoms with van der Waals surface area (Å²) in [4.78, 5) is 8.79. The third kappa shape index (κ3) is 4.07. The first-order valence-corrected chi connectivity index (χ1v) is 7.23. The van der Waals surface area contributed by atoms with Crippen LogP contribution >= 0.6 is 11.8 Å². The Bertz CT molecular complexity index is 368. The van der Waals surface area contributed by atoms with Crippen molar-refractivity contribution >= 4 is 23.4 Å². The fourth-order valence-corrected chi connectivity index (χ4v) is 2.35. The van der Waals surface area contributed by atoms with Gasteiger partial charge in [-0.25, -0.2) is 9.97 Å². The zero-order valence-corrected chi connectivity index (χ0v) is 12.1. The lowest BCUT2D eigenvalue weighted by Gasteiger charge is -2.15. The second kappa shape index (κ2) is 6.69. The van der Waals surface area contributed by atoms with Gasteiger partial charge in [0.05, 0.1) is 0 Å². The molecule has 0 aliphatic carbocycles. The lowest BCUT2D eigenvalue weighted by Crippen LogP contribution is -2.16. The van der Waals surface area contributed by atoms with Gasteiger partial charge in [-0.15, -0.1) is 0 Å². The van der Waals surface area contributed by atoms with Gasteiger partial charge in [0.1, 0.15) is 17.5 Å². The predicted molar refractivity (Wildman–Crippen MR) is 77.1 cm³/mol. The molecular formula is C12H22N4S. The molecule has 1 rings (SSSR count). The number of anilines is 2. The molecule has 1 atom stereocenters. The molecule has 0 saturated heterocycles. The van der Waals surface area contributed by atoms with E-state index in [9.17, 15) is 0 Å². The van der Waals surface area contributed by atoms with Crippen molar-refractivity contribution < 1.29 is 0 Å². The molecule has 96 valence electrons. The summed E-state index contributed by atoms with van der Waals surface area (Å²) < 4.78 is 0. The number of aryl methyl sites for hydroxylation is 1. The fraction of sp³-hybridized carbons (Fsp3) is 0.667. The Kier molecular flexibility index (Phi) is 5.55. The molecule has 0 aliphatic heterocycles. The van der Waals surface area contributed by atoms with Crippen molar-refractivity contribution in [2.75, 3.05) is 36.2 Å². The predicted octanol–water partition coefficient (Wildman–Crippen LogP) is 2.55. The zero-order chi connectivity index (χ0) is 12.8. The van der Waals surface area contributed by atoms with E-state index in [4.69, 9.17) is 0 Å². The van der Waals surface area contributed by atoms with Crippen LogP contribution in [0.4, 0.5) is 11.6 Å². The first-order valence-electron chi connectivity index (χ1n) is 5.84. The molecule has 0 amide bonds. The first kappa shape index (κ1) is 14.1. The van der Waals surface area contributed by atoms with Crippen LogP contribution < -0.4 is 10.6 Å². The highest BCUT2D eigenvalue weighted by atomic mass is 32.2. The number of rotatable bonds is 6. The lowest BCUT2D eigenvalue weighted by molar-refractivity contribution is 0.698. The molecule has 0 fully saturated rings. The van der Waals surface area contributed by atoms with Gasteiger partial charge in [-0.05, 0) is 31.8 Å². The number of nitrogens with zero attached hydrogens (tertiary/aromatic N) is 2. The van der Waals surface area contributed by atoms with Crippen molar-refractivity contribution in [3.63, 3.8) is 0 Å². The highest BCUT2D eigenvalue weighted by Gasteiger charge is 2.09. The molecule has 0 bridgehead atoms. The summed E-state index contributed by atoms with van der Waals surface area (Å²) in [5, 5.41) is 6.50. The van der Waals surface area contributed by atoms with Crippen molar-refractivity contribution in [1.82, 2.24) is 9.97 Å². The van der Waals surface area contributed by atoms with Crippen molar-refractivity contribution in [3.8, 4) is 0 Å². The summed E-state index contributed by atoms with van der Waals surface area (Å²) in [7, 11) is 1.88. The molecule has 5 heteroatoms. The van der Waals surface area contributed by atoms with Crippen LogP contribution in [0.15, 0.2) is 0 Å². The zero-order valence-electron chi connectivity index (χ0n) is 11.3. The minimum atomic E-state index is 0.637. The minimum Gasteiger partial charge on any atom is -0.373 e. The van der Waals surface area contributed by atoms with E-state index in [-0.39, 0.29) is 0 Å². The Morgan fingerprint density at radius 3 is 2.47 bits per heavy atom. The third-order valence-electron chi connectivity index (χ3n) is 2.56. The summed E-state index contributed by atoms with van der Waals surface area (Å²) in [5.41, 5.74) is 1.08. The lowest BCUT2D eigenvalue weighted by atomic mass is 10.2. The van der Waals surface area contributed by atoms with E-state index in [0.29, 0.717) is 5.92 Å². The van der Waals surface area contributed by atoms with Crippen LogP contribution in [0.5, 0.6) is 0 Å². The van der Waals surface area contributed by atoms with E-state index in [1.54, 1.807) is 0 Å².